The van der Waals surface area contributed by atoms with Crippen molar-refractivity contribution in [1.82, 2.24) is 15.3 Å². The second kappa shape index (κ2) is 9.08. The quantitative estimate of drug-likeness (QED) is 0.423. The second-order valence-electron chi connectivity index (χ2n) is 8.13. The molecule has 4 aromatic rings. The summed E-state index contributed by atoms with van der Waals surface area (Å²) in [7, 11) is 1.68. The Labute approximate surface area is 197 Å². The predicted molar refractivity (Wildman–Crippen MR) is 131 cm³/mol. The summed E-state index contributed by atoms with van der Waals surface area (Å²) in [6.45, 7) is 0. The molecule has 2 N–H and O–H groups in total. The van der Waals surface area contributed by atoms with E-state index in [1.54, 1.807) is 25.6 Å². The number of pyridine rings is 2. The molecule has 0 spiro atoms. The van der Waals surface area contributed by atoms with Crippen molar-refractivity contribution in [2.45, 2.75) is 25.3 Å². The van der Waals surface area contributed by atoms with E-state index in [0.717, 1.165) is 41.5 Å². The highest BCUT2D eigenvalue weighted by Crippen LogP contribution is 2.27. The van der Waals surface area contributed by atoms with Gasteiger partial charge < -0.3 is 15.4 Å². The van der Waals surface area contributed by atoms with Crippen molar-refractivity contribution in [2.75, 3.05) is 12.4 Å². The molecule has 0 radical (unpaired) electrons. The standard InChI is InChI=1S/C26H23ClN4O2/c1-33-22-8-4-17-12-20(6-3-18(17)13-22)31-26(32)24-9-7-21(15-29-24)30-25-23-14-19(27)5-2-16(23)10-11-28-25/h2,4-5,7-11,13-15,20H,3,6,12H2,1H3,(H,28,30)(H,31,32). The first-order valence-electron chi connectivity index (χ1n) is 10.8. The second-order valence-corrected chi connectivity index (χ2v) is 8.57. The van der Waals surface area contributed by atoms with Gasteiger partial charge in [-0.05, 0) is 78.2 Å². The van der Waals surface area contributed by atoms with Crippen LogP contribution < -0.4 is 15.4 Å². The van der Waals surface area contributed by atoms with Gasteiger partial charge >= 0.3 is 0 Å². The zero-order valence-corrected chi connectivity index (χ0v) is 18.9. The SMILES string of the molecule is COc1ccc2c(c1)CCC(NC(=O)c1ccc(Nc3nccc4ccc(Cl)cc34)cn1)C2. The number of halogens is 1. The van der Waals surface area contributed by atoms with E-state index in [2.05, 4.69) is 32.7 Å². The molecule has 5 rings (SSSR count). The summed E-state index contributed by atoms with van der Waals surface area (Å²) < 4.78 is 5.31. The van der Waals surface area contributed by atoms with E-state index in [1.807, 2.05) is 36.4 Å². The van der Waals surface area contributed by atoms with Crippen LogP contribution in [0, 0.1) is 0 Å². The lowest BCUT2D eigenvalue weighted by Gasteiger charge is -2.25. The zero-order chi connectivity index (χ0) is 22.8. The van der Waals surface area contributed by atoms with Crippen LogP contribution in [0.5, 0.6) is 5.75 Å². The minimum absolute atomic E-state index is 0.0858. The van der Waals surface area contributed by atoms with E-state index in [0.29, 0.717) is 16.5 Å². The summed E-state index contributed by atoms with van der Waals surface area (Å²) in [6, 6.07) is 17.4. The van der Waals surface area contributed by atoms with Gasteiger partial charge in [-0.15, -0.1) is 0 Å². The highest BCUT2D eigenvalue weighted by Gasteiger charge is 2.21. The van der Waals surface area contributed by atoms with Crippen molar-refractivity contribution >= 4 is 39.8 Å². The molecule has 1 unspecified atom stereocenters. The van der Waals surface area contributed by atoms with Crippen LogP contribution in [-0.2, 0) is 12.8 Å². The van der Waals surface area contributed by atoms with E-state index in [-0.39, 0.29) is 11.9 Å². The molecule has 7 heteroatoms. The molecule has 2 aromatic heterocycles. The van der Waals surface area contributed by atoms with E-state index in [1.165, 1.54) is 11.1 Å². The van der Waals surface area contributed by atoms with Crippen molar-refractivity contribution in [3.63, 3.8) is 0 Å². The van der Waals surface area contributed by atoms with E-state index in [4.69, 9.17) is 16.3 Å². The Hall–Kier alpha value is -3.64. The third-order valence-electron chi connectivity index (χ3n) is 5.96. The summed E-state index contributed by atoms with van der Waals surface area (Å²) in [5.41, 5.74) is 3.67. The molecule has 0 aliphatic heterocycles. The molecule has 1 atom stereocenters. The minimum atomic E-state index is -0.168. The average Bonchev–Trinajstić information content (AvgIpc) is 2.84. The zero-order valence-electron chi connectivity index (χ0n) is 18.1. The summed E-state index contributed by atoms with van der Waals surface area (Å²) in [6.07, 6.45) is 5.99. The molecule has 2 heterocycles. The van der Waals surface area contributed by atoms with Gasteiger partial charge in [0.25, 0.3) is 5.91 Å². The number of aryl methyl sites for hydroxylation is 1. The number of nitrogens with one attached hydrogen (secondary N) is 2. The van der Waals surface area contributed by atoms with Crippen LogP contribution in [-0.4, -0.2) is 29.0 Å². The van der Waals surface area contributed by atoms with Gasteiger partial charge in [0.1, 0.15) is 17.3 Å². The van der Waals surface area contributed by atoms with Gasteiger partial charge in [-0.2, -0.15) is 0 Å². The van der Waals surface area contributed by atoms with Gasteiger partial charge in [0, 0.05) is 22.6 Å². The Morgan fingerprint density at radius 1 is 1.06 bits per heavy atom. The Kier molecular flexibility index (Phi) is 5.84. The molecule has 2 aromatic carbocycles. The van der Waals surface area contributed by atoms with Crippen molar-refractivity contribution in [3.05, 3.63) is 88.8 Å². The first-order chi connectivity index (χ1) is 16.1. The van der Waals surface area contributed by atoms with Crippen molar-refractivity contribution in [2.24, 2.45) is 0 Å². The predicted octanol–water partition coefficient (Wildman–Crippen LogP) is 5.32. The number of rotatable bonds is 5. The number of ether oxygens (including phenoxy) is 1. The summed E-state index contributed by atoms with van der Waals surface area (Å²) in [5.74, 6) is 1.39. The fraction of sp³-hybridized carbons (Fsp3) is 0.192. The maximum Gasteiger partial charge on any atom is 0.270 e. The van der Waals surface area contributed by atoms with Crippen LogP contribution in [0.1, 0.15) is 28.0 Å². The molecule has 166 valence electrons. The van der Waals surface area contributed by atoms with Crippen molar-refractivity contribution < 1.29 is 9.53 Å². The fourth-order valence-electron chi connectivity index (χ4n) is 4.22. The molecular formula is C26H23ClN4O2. The Bertz CT molecular complexity index is 1320. The Morgan fingerprint density at radius 3 is 2.79 bits per heavy atom. The highest BCUT2D eigenvalue weighted by atomic mass is 35.5. The molecule has 0 saturated heterocycles. The molecule has 0 saturated carbocycles. The average molecular weight is 459 g/mol. The number of carbonyl (C=O) groups excluding carboxylic acids is 1. The summed E-state index contributed by atoms with van der Waals surface area (Å²) in [4.78, 5) is 21.5. The molecule has 1 amide bonds. The number of aromatic nitrogens is 2. The highest BCUT2D eigenvalue weighted by molar-refractivity contribution is 6.31. The van der Waals surface area contributed by atoms with E-state index in [9.17, 15) is 4.79 Å². The summed E-state index contributed by atoms with van der Waals surface area (Å²) in [5, 5.41) is 8.99. The molecule has 0 fully saturated rings. The van der Waals surface area contributed by atoms with Gasteiger partial charge in [0.05, 0.1) is 19.0 Å². The first kappa shape index (κ1) is 21.2. The Balaban J connectivity index is 1.25. The fourth-order valence-corrected chi connectivity index (χ4v) is 4.39. The number of amides is 1. The van der Waals surface area contributed by atoms with Gasteiger partial charge in [0.2, 0.25) is 0 Å². The van der Waals surface area contributed by atoms with Gasteiger partial charge in [-0.25, -0.2) is 9.97 Å². The number of fused-ring (bicyclic) bond motifs is 2. The third kappa shape index (κ3) is 4.61. The first-order valence-corrected chi connectivity index (χ1v) is 11.2. The van der Waals surface area contributed by atoms with Crippen LogP contribution in [0.2, 0.25) is 5.02 Å². The summed E-state index contributed by atoms with van der Waals surface area (Å²) >= 11 is 6.15. The van der Waals surface area contributed by atoms with Crippen molar-refractivity contribution in [1.29, 1.82) is 0 Å². The topological polar surface area (TPSA) is 76.1 Å². The number of anilines is 2. The van der Waals surface area contributed by atoms with Crippen LogP contribution in [0.3, 0.4) is 0 Å². The third-order valence-corrected chi connectivity index (χ3v) is 6.20. The smallest absolute Gasteiger partial charge is 0.270 e. The number of nitrogens with zero attached hydrogens (tertiary/aromatic N) is 2. The number of hydrogen-bond acceptors (Lipinski definition) is 5. The monoisotopic (exact) mass is 458 g/mol. The van der Waals surface area contributed by atoms with Crippen LogP contribution >= 0.6 is 11.6 Å². The largest absolute Gasteiger partial charge is 0.497 e. The van der Waals surface area contributed by atoms with Crippen LogP contribution in [0.25, 0.3) is 10.8 Å². The lowest BCUT2D eigenvalue weighted by molar-refractivity contribution is 0.0928. The maximum atomic E-state index is 12.8. The molecule has 1 aliphatic carbocycles. The van der Waals surface area contributed by atoms with Gasteiger partial charge in [0.15, 0.2) is 0 Å². The van der Waals surface area contributed by atoms with Crippen LogP contribution in [0.15, 0.2) is 67.0 Å². The van der Waals surface area contributed by atoms with Crippen LogP contribution in [0.4, 0.5) is 11.5 Å². The Morgan fingerprint density at radius 2 is 1.97 bits per heavy atom. The van der Waals surface area contributed by atoms with E-state index >= 15 is 0 Å². The number of carbonyl (C=O) groups is 1. The van der Waals surface area contributed by atoms with Gasteiger partial charge in [-0.3, -0.25) is 4.79 Å². The number of benzene rings is 2. The molecule has 1 aliphatic rings. The normalized spacial score (nSPS) is 15.0. The van der Waals surface area contributed by atoms with Crippen molar-refractivity contribution in [3.8, 4) is 5.75 Å². The molecular weight excluding hydrogens is 436 g/mol. The number of hydrogen-bond donors (Lipinski definition) is 2. The number of methoxy groups -OCH3 is 1. The van der Waals surface area contributed by atoms with Gasteiger partial charge in [-0.1, -0.05) is 23.7 Å². The lowest BCUT2D eigenvalue weighted by atomic mass is 9.88. The molecule has 0 bridgehead atoms. The van der Waals surface area contributed by atoms with E-state index < -0.39 is 0 Å². The minimum Gasteiger partial charge on any atom is -0.497 e. The maximum absolute atomic E-state index is 12.8. The molecule has 33 heavy (non-hydrogen) atoms. The lowest BCUT2D eigenvalue weighted by Crippen LogP contribution is -2.39. The molecule has 6 nitrogen and oxygen atoms in total.